The fourth-order valence-corrected chi connectivity index (χ4v) is 11.3. The number of benzene rings is 1. The smallest absolute Gasteiger partial charge is 0.335 e. The molecule has 1 saturated heterocycles. The number of aromatic nitrogens is 1. The summed E-state index contributed by atoms with van der Waals surface area (Å²) in [4.78, 5) is 274. The average molecular weight is 1590 g/mol. The number of methoxy groups -OCH3 is 1. The van der Waals surface area contributed by atoms with E-state index in [1.807, 2.05) is 10.6 Å². The second kappa shape index (κ2) is 47.9. The standard InChI is InChI=1S/C69H103N17O26/c1-7-9-10-11-12-13-14-21-48(89)78-41(25-36-30-73-38-19-16-15-18-37(36)38)62(102)81-43(27-47(72)88)64(104)83-45(29-53(96)97)65(105)85-55-35(5)112-69(110)54(33(3)8-2)84-60(100)40(22-23-51(92)93)80-63(103)42(26-46(71)87)79-50(91)32-75-67(107)56(57(111-6)68(108)109)86-58(98)34(4)76-61(101)44(28-52(94)95)82-59(99)39(20-17-24-70)77-49(90)31-74-66(55)106/h15-16,18-19,30,33-35,39-45,54-57,73H,7-14,17,20-29,31-32,70H2,1-6H3,(H2,71,87)(H2,72,88)(H,74,106)(H,75,107)(H,76,101)(H,77,90)(H,78,89)(H,79,91)(H,80,103)(H,81,102)(H,82,99)(H,83,104)(H,84,100)(H,85,105)(H,86,98)(H,92,93)(H,94,95)(H,96,97)(H,108,109). The van der Waals surface area contributed by atoms with Crippen LogP contribution < -0.4 is 86.3 Å². The van der Waals surface area contributed by atoms with Gasteiger partial charge in [0.2, 0.25) is 88.6 Å². The molecule has 14 atom stereocenters. The summed E-state index contributed by atoms with van der Waals surface area (Å²) in [6.45, 7) is 4.30. The van der Waals surface area contributed by atoms with Gasteiger partial charge in [0.15, 0.2) is 6.10 Å². The molecule has 43 heteroatoms. The van der Waals surface area contributed by atoms with Crippen LogP contribution in [-0.4, -0.2) is 249 Å². The van der Waals surface area contributed by atoms with Crippen molar-refractivity contribution >= 4 is 129 Å². The lowest BCUT2D eigenvalue weighted by Gasteiger charge is -2.30. The Morgan fingerprint density at radius 3 is 1.69 bits per heavy atom. The number of fused-ring (bicyclic) bond motifs is 1. The maximum Gasteiger partial charge on any atom is 0.335 e. The van der Waals surface area contributed by atoms with E-state index in [1.54, 1.807) is 30.5 Å². The molecular formula is C69H103N17O26. The van der Waals surface area contributed by atoms with Gasteiger partial charge in [-0.15, -0.1) is 0 Å². The molecule has 112 heavy (non-hydrogen) atoms. The molecule has 1 aliphatic rings. The quantitative estimate of drug-likeness (QED) is 0.0223. The first-order valence-corrected chi connectivity index (χ1v) is 36.1. The van der Waals surface area contributed by atoms with Crippen molar-refractivity contribution in [2.24, 2.45) is 23.1 Å². The highest BCUT2D eigenvalue weighted by molar-refractivity contribution is 6.02. The average Bonchev–Trinajstić information content (AvgIpc) is 1.61. The van der Waals surface area contributed by atoms with Crippen LogP contribution in [0, 0.1) is 5.92 Å². The van der Waals surface area contributed by atoms with Crippen molar-refractivity contribution in [2.45, 2.75) is 229 Å². The van der Waals surface area contributed by atoms with E-state index in [0.29, 0.717) is 29.3 Å². The Kier molecular flexibility index (Phi) is 40.3. The van der Waals surface area contributed by atoms with Gasteiger partial charge in [-0.3, -0.25) is 86.3 Å². The molecule has 1 aliphatic heterocycles. The van der Waals surface area contributed by atoms with Gasteiger partial charge in [0.05, 0.1) is 38.8 Å². The summed E-state index contributed by atoms with van der Waals surface area (Å²) in [6.07, 6.45) is -3.68. The van der Waals surface area contributed by atoms with Crippen molar-refractivity contribution in [2.75, 3.05) is 26.7 Å². The number of aromatic amines is 1. The van der Waals surface area contributed by atoms with Crippen LogP contribution in [-0.2, 0) is 112 Å². The predicted molar refractivity (Wildman–Crippen MR) is 388 cm³/mol. The maximum absolute atomic E-state index is 14.7. The van der Waals surface area contributed by atoms with E-state index in [2.05, 4.69) is 70.4 Å². The third-order valence-electron chi connectivity index (χ3n) is 17.6. The van der Waals surface area contributed by atoms with E-state index in [4.69, 9.17) is 26.7 Å². The lowest BCUT2D eigenvalue weighted by molar-refractivity contribution is -0.157. The predicted octanol–water partition coefficient (Wildman–Crippen LogP) is -6.17. The fraction of sp³-hybridized carbons (Fsp3) is 0.594. The molecule has 1 aromatic heterocycles. The van der Waals surface area contributed by atoms with Gasteiger partial charge in [0.1, 0.15) is 72.6 Å². The Labute approximate surface area is 641 Å². The van der Waals surface area contributed by atoms with Gasteiger partial charge in [-0.25, -0.2) is 9.59 Å². The monoisotopic (exact) mass is 1590 g/mol. The number of carbonyl (C=O) groups is 20. The highest BCUT2D eigenvalue weighted by Gasteiger charge is 2.42. The Balaban J connectivity index is 2.23. The number of aliphatic carboxylic acids is 4. The molecule has 43 nitrogen and oxygen atoms in total. The molecule has 2 heterocycles. The van der Waals surface area contributed by atoms with Crippen LogP contribution in [0.25, 0.3) is 10.9 Å². The minimum Gasteiger partial charge on any atom is -0.481 e. The van der Waals surface area contributed by atoms with Gasteiger partial charge in [-0.1, -0.05) is 83.9 Å². The number of amides is 15. The Hall–Kier alpha value is -11.9. The number of esters is 1. The molecule has 1 aromatic carbocycles. The molecular weight excluding hydrogens is 1480 g/mol. The van der Waals surface area contributed by atoms with Crippen LogP contribution >= 0.6 is 0 Å². The third kappa shape index (κ3) is 32.7. The van der Waals surface area contributed by atoms with Gasteiger partial charge in [0, 0.05) is 43.5 Å². The molecule has 0 saturated carbocycles. The highest BCUT2D eigenvalue weighted by Crippen LogP contribution is 2.21. The van der Waals surface area contributed by atoms with E-state index in [1.165, 1.54) is 13.8 Å². The van der Waals surface area contributed by atoms with Gasteiger partial charge in [0.25, 0.3) is 0 Å². The number of carbonyl (C=O) groups excluding carboxylic acids is 16. The number of nitrogens with two attached hydrogens (primary N) is 3. The first kappa shape index (κ1) is 94.3. The molecule has 2 aromatic rings. The molecule has 1 fully saturated rings. The van der Waals surface area contributed by atoms with Crippen LogP contribution in [0.5, 0.6) is 0 Å². The number of hydrogen-bond acceptors (Lipinski definition) is 23. The Morgan fingerprint density at radius 1 is 0.562 bits per heavy atom. The van der Waals surface area contributed by atoms with Gasteiger partial charge >= 0.3 is 29.8 Å². The first-order chi connectivity index (χ1) is 52.8. The number of carboxylic acids is 4. The van der Waals surface area contributed by atoms with Gasteiger partial charge in [-0.2, -0.15) is 0 Å². The molecule has 620 valence electrons. The largest absolute Gasteiger partial charge is 0.481 e. The van der Waals surface area contributed by atoms with Crippen molar-refractivity contribution in [3.8, 4) is 0 Å². The summed E-state index contributed by atoms with van der Waals surface area (Å²) in [6, 6.07) is -15.1. The van der Waals surface area contributed by atoms with Crippen molar-refractivity contribution in [3.05, 3.63) is 36.0 Å². The van der Waals surface area contributed by atoms with E-state index >= 15 is 0 Å². The van der Waals surface area contributed by atoms with Gasteiger partial charge in [-0.05, 0) is 63.6 Å². The zero-order chi connectivity index (χ0) is 84.1. The normalized spacial score (nSPS) is 21.8. The number of primary amides is 2. The number of nitrogens with one attached hydrogen (secondary N) is 14. The molecule has 0 spiro atoms. The molecule has 15 amide bonds. The van der Waals surface area contributed by atoms with Crippen LogP contribution in [0.1, 0.15) is 149 Å². The van der Waals surface area contributed by atoms with Crippen molar-refractivity contribution in [3.63, 3.8) is 0 Å². The van der Waals surface area contributed by atoms with Crippen molar-refractivity contribution < 1.29 is 126 Å². The fourth-order valence-electron chi connectivity index (χ4n) is 11.3. The number of para-hydroxylation sites is 1. The third-order valence-corrected chi connectivity index (χ3v) is 17.6. The number of carboxylic acid groups (broad SMARTS) is 4. The topological polar surface area (TPSA) is 691 Å². The summed E-state index contributed by atoms with van der Waals surface area (Å²) in [5, 5.41) is 68.7. The van der Waals surface area contributed by atoms with Gasteiger partial charge < -0.3 is 121 Å². The first-order valence-electron chi connectivity index (χ1n) is 36.1. The SMILES string of the molecule is CCCCCCCCCC(=O)NC(Cc1c[nH]c2ccccc12)C(=O)NC(CC(N)=O)C(=O)NC(CC(=O)O)C(=O)NC1C(=O)NCC(=O)NC(CCCN)C(=O)NC(CC(=O)O)C(=O)NC(C)C(=O)NC(C(OC)C(=O)O)C(=O)NCC(=O)NC(CC(N)=O)C(=O)NC(CCC(=O)O)C(=O)NC(C(C)CC)C(=O)OC1C. The van der Waals surface area contributed by atoms with Crippen LogP contribution in [0.3, 0.4) is 0 Å². The lowest BCUT2D eigenvalue weighted by Crippen LogP contribution is -2.62. The van der Waals surface area contributed by atoms with Crippen LogP contribution in [0.4, 0.5) is 0 Å². The Bertz CT molecular complexity index is 3720. The van der Waals surface area contributed by atoms with Crippen molar-refractivity contribution in [1.82, 2.24) is 74.1 Å². The van der Waals surface area contributed by atoms with E-state index in [9.17, 15) is 116 Å². The van der Waals surface area contributed by atoms with E-state index in [0.717, 1.165) is 53.1 Å². The zero-order valence-corrected chi connectivity index (χ0v) is 62.8. The van der Waals surface area contributed by atoms with Crippen LogP contribution in [0.15, 0.2) is 30.5 Å². The number of unbranched alkanes of at least 4 members (excludes halogenated alkanes) is 6. The maximum atomic E-state index is 14.7. The van der Waals surface area contributed by atoms with Crippen LogP contribution in [0.2, 0.25) is 0 Å². The molecule has 14 unspecified atom stereocenters. The number of rotatable bonds is 36. The molecule has 0 aliphatic carbocycles. The second-order valence-electron chi connectivity index (χ2n) is 26.6. The highest BCUT2D eigenvalue weighted by atomic mass is 16.5. The summed E-state index contributed by atoms with van der Waals surface area (Å²) in [7, 11) is 0.795. The summed E-state index contributed by atoms with van der Waals surface area (Å²) >= 11 is 0. The molecule has 24 N–H and O–H groups in total. The lowest BCUT2D eigenvalue weighted by atomic mass is 9.98. The number of hydrogen-bond donors (Lipinski definition) is 21. The number of cyclic esters (lactones) is 1. The number of ether oxygens (including phenoxy) is 2. The minimum atomic E-state index is -2.33. The molecule has 3 rings (SSSR count). The summed E-state index contributed by atoms with van der Waals surface area (Å²) in [5.41, 5.74) is 17.9. The van der Waals surface area contributed by atoms with E-state index < -0.39 is 255 Å². The molecule has 0 radical (unpaired) electrons. The second-order valence-corrected chi connectivity index (χ2v) is 26.6. The zero-order valence-electron chi connectivity index (χ0n) is 62.8. The summed E-state index contributed by atoms with van der Waals surface area (Å²) < 4.78 is 10.6. The Morgan fingerprint density at radius 2 is 1.11 bits per heavy atom. The minimum absolute atomic E-state index is 0.00319. The summed E-state index contributed by atoms with van der Waals surface area (Å²) in [5.74, 6) is -29.0. The molecule has 0 bridgehead atoms. The van der Waals surface area contributed by atoms with Crippen molar-refractivity contribution in [1.29, 1.82) is 0 Å². The number of H-pyrrole nitrogens is 1. The van der Waals surface area contributed by atoms with E-state index in [-0.39, 0.29) is 38.6 Å².